The maximum absolute atomic E-state index is 13.0. The second-order valence-electron chi connectivity index (χ2n) is 7.62. The van der Waals surface area contributed by atoms with Gasteiger partial charge in [0.2, 0.25) is 17.7 Å². The Balaban J connectivity index is 1.54. The first-order valence-corrected chi connectivity index (χ1v) is 10.6. The Hall–Kier alpha value is -3.21. The van der Waals surface area contributed by atoms with Crippen molar-refractivity contribution in [3.05, 3.63) is 30.1 Å². The molecule has 2 saturated heterocycles. The van der Waals surface area contributed by atoms with Crippen LogP contribution < -0.4 is 10.6 Å². The Morgan fingerprint density at radius 3 is 2.47 bits per heavy atom. The van der Waals surface area contributed by atoms with E-state index in [1.807, 2.05) is 4.90 Å². The maximum Gasteiger partial charge on any atom is 0.409 e. The van der Waals surface area contributed by atoms with Crippen molar-refractivity contribution < 1.29 is 28.3 Å². The van der Waals surface area contributed by atoms with Crippen molar-refractivity contribution in [1.29, 1.82) is 0 Å². The highest BCUT2D eigenvalue weighted by molar-refractivity contribution is 5.97. The lowest BCUT2D eigenvalue weighted by Crippen LogP contribution is -2.60. The van der Waals surface area contributed by atoms with Gasteiger partial charge in [0.15, 0.2) is 0 Å². The number of halogens is 1. The lowest BCUT2D eigenvalue weighted by Gasteiger charge is -2.38. The largest absolute Gasteiger partial charge is 0.450 e. The van der Waals surface area contributed by atoms with Gasteiger partial charge in [-0.2, -0.15) is 0 Å². The van der Waals surface area contributed by atoms with Crippen molar-refractivity contribution in [2.45, 2.75) is 19.4 Å². The molecule has 0 bridgehead atoms. The minimum absolute atomic E-state index is 0.0972. The van der Waals surface area contributed by atoms with Crippen LogP contribution in [0.3, 0.4) is 0 Å². The molecule has 174 valence electrons. The van der Waals surface area contributed by atoms with E-state index < -0.39 is 17.8 Å². The van der Waals surface area contributed by atoms with Crippen LogP contribution in [-0.4, -0.2) is 97.0 Å². The number of benzene rings is 1. The number of carbonyl (C=O) groups excluding carboxylic acids is 4. The molecular weight excluding hydrogens is 421 g/mol. The molecule has 1 atom stereocenters. The molecule has 0 aromatic heterocycles. The molecule has 11 heteroatoms. The van der Waals surface area contributed by atoms with Crippen LogP contribution in [0, 0.1) is 5.82 Å². The molecule has 1 aromatic rings. The van der Waals surface area contributed by atoms with E-state index in [-0.39, 0.29) is 30.9 Å². The van der Waals surface area contributed by atoms with E-state index in [1.54, 1.807) is 11.8 Å². The first kappa shape index (κ1) is 23.5. The molecule has 2 N–H and O–H groups in total. The smallest absolute Gasteiger partial charge is 0.409 e. The number of carbonyl (C=O) groups is 4. The van der Waals surface area contributed by atoms with Crippen LogP contribution in [0.25, 0.3) is 0 Å². The molecule has 0 radical (unpaired) electrons. The number of amides is 4. The van der Waals surface area contributed by atoms with Crippen molar-refractivity contribution in [2.75, 3.05) is 57.7 Å². The van der Waals surface area contributed by atoms with Crippen molar-refractivity contribution in [2.24, 2.45) is 0 Å². The maximum atomic E-state index is 13.0. The van der Waals surface area contributed by atoms with Gasteiger partial charge in [0.25, 0.3) is 0 Å². The normalized spacial score (nSPS) is 19.3. The van der Waals surface area contributed by atoms with Crippen molar-refractivity contribution >= 4 is 29.5 Å². The Labute approximate surface area is 185 Å². The summed E-state index contributed by atoms with van der Waals surface area (Å²) in [5.41, 5.74) is 0.407. The zero-order valence-electron chi connectivity index (χ0n) is 18.0. The third kappa shape index (κ3) is 6.16. The van der Waals surface area contributed by atoms with Crippen LogP contribution in [-0.2, 0) is 19.1 Å². The standard InChI is InChI=1S/C21H28FN5O5/c1-2-32-21(31)26-11-9-25(10-12-26)14-19(29)27-8-7-23-20(30)17(27)13-18(28)24-16-5-3-15(22)4-6-16/h3-6,17H,2,7-14H2,1H3,(H,23,30)(H,24,28)/t17-/m0/s1. The number of rotatable bonds is 6. The highest BCUT2D eigenvalue weighted by Crippen LogP contribution is 2.14. The number of anilines is 1. The molecule has 10 nitrogen and oxygen atoms in total. The summed E-state index contributed by atoms with van der Waals surface area (Å²) >= 11 is 0. The van der Waals surface area contributed by atoms with Gasteiger partial charge < -0.3 is 25.2 Å². The molecule has 3 rings (SSSR count). The molecule has 0 aliphatic carbocycles. The molecular formula is C21H28FN5O5. The van der Waals surface area contributed by atoms with E-state index in [1.165, 1.54) is 29.2 Å². The van der Waals surface area contributed by atoms with Crippen molar-refractivity contribution in [1.82, 2.24) is 20.0 Å². The molecule has 2 aliphatic heterocycles. The van der Waals surface area contributed by atoms with Crippen LogP contribution in [0.2, 0.25) is 0 Å². The summed E-state index contributed by atoms with van der Waals surface area (Å²) in [6, 6.07) is 4.37. The predicted molar refractivity (Wildman–Crippen MR) is 113 cm³/mol. The molecule has 2 aliphatic rings. The van der Waals surface area contributed by atoms with Gasteiger partial charge in [0.1, 0.15) is 11.9 Å². The molecule has 0 unspecified atom stereocenters. The highest BCUT2D eigenvalue weighted by Gasteiger charge is 2.35. The van der Waals surface area contributed by atoms with Gasteiger partial charge in [-0.05, 0) is 31.2 Å². The Morgan fingerprint density at radius 2 is 1.81 bits per heavy atom. The SMILES string of the molecule is CCOC(=O)N1CCN(CC(=O)N2CCNC(=O)[C@@H]2CC(=O)Nc2ccc(F)cc2)CC1. The summed E-state index contributed by atoms with van der Waals surface area (Å²) in [5.74, 6) is -1.50. The Morgan fingerprint density at radius 1 is 1.12 bits per heavy atom. The third-order valence-corrected chi connectivity index (χ3v) is 5.42. The number of hydrogen-bond donors (Lipinski definition) is 2. The molecule has 0 saturated carbocycles. The number of nitrogens with one attached hydrogen (secondary N) is 2. The molecule has 32 heavy (non-hydrogen) atoms. The molecule has 0 spiro atoms. The second kappa shape index (κ2) is 10.9. The van der Waals surface area contributed by atoms with Crippen LogP contribution in [0.5, 0.6) is 0 Å². The molecule has 1 aromatic carbocycles. The van der Waals surface area contributed by atoms with E-state index in [2.05, 4.69) is 10.6 Å². The summed E-state index contributed by atoms with van der Waals surface area (Å²) in [6.45, 7) is 4.72. The topological polar surface area (TPSA) is 111 Å². The fourth-order valence-corrected chi connectivity index (χ4v) is 3.72. The van der Waals surface area contributed by atoms with Gasteiger partial charge >= 0.3 is 6.09 Å². The van der Waals surface area contributed by atoms with E-state index in [9.17, 15) is 23.6 Å². The van der Waals surface area contributed by atoms with E-state index >= 15 is 0 Å². The van der Waals surface area contributed by atoms with Crippen LogP contribution in [0.15, 0.2) is 24.3 Å². The first-order chi connectivity index (χ1) is 15.4. The minimum Gasteiger partial charge on any atom is -0.450 e. The average molecular weight is 449 g/mol. The molecule has 4 amide bonds. The Kier molecular flexibility index (Phi) is 7.98. The van der Waals surface area contributed by atoms with Crippen LogP contribution >= 0.6 is 0 Å². The molecule has 2 fully saturated rings. The van der Waals surface area contributed by atoms with Gasteiger partial charge in [0, 0.05) is 45.0 Å². The van der Waals surface area contributed by atoms with Crippen LogP contribution in [0.4, 0.5) is 14.9 Å². The fourth-order valence-electron chi connectivity index (χ4n) is 3.72. The van der Waals surface area contributed by atoms with Gasteiger partial charge in [-0.1, -0.05) is 0 Å². The zero-order chi connectivity index (χ0) is 23.1. The van der Waals surface area contributed by atoms with Gasteiger partial charge in [-0.25, -0.2) is 9.18 Å². The van der Waals surface area contributed by atoms with Gasteiger partial charge in [-0.3, -0.25) is 19.3 Å². The van der Waals surface area contributed by atoms with Crippen LogP contribution in [0.1, 0.15) is 13.3 Å². The summed E-state index contributed by atoms with van der Waals surface area (Å²) < 4.78 is 18.0. The van der Waals surface area contributed by atoms with Gasteiger partial charge in [0.05, 0.1) is 19.6 Å². The summed E-state index contributed by atoms with van der Waals surface area (Å²) in [7, 11) is 0. The van der Waals surface area contributed by atoms with E-state index in [0.29, 0.717) is 51.6 Å². The van der Waals surface area contributed by atoms with Crippen molar-refractivity contribution in [3.63, 3.8) is 0 Å². The predicted octanol–water partition coefficient (Wildman–Crippen LogP) is 0.255. The number of hydrogen-bond acceptors (Lipinski definition) is 6. The minimum atomic E-state index is -0.919. The Bertz CT molecular complexity index is 841. The second-order valence-corrected chi connectivity index (χ2v) is 7.62. The lowest BCUT2D eigenvalue weighted by atomic mass is 10.1. The zero-order valence-corrected chi connectivity index (χ0v) is 18.0. The number of ether oxygens (including phenoxy) is 1. The lowest BCUT2D eigenvalue weighted by molar-refractivity contribution is -0.145. The first-order valence-electron chi connectivity index (χ1n) is 10.6. The van der Waals surface area contributed by atoms with Crippen molar-refractivity contribution in [3.8, 4) is 0 Å². The monoisotopic (exact) mass is 449 g/mol. The van der Waals surface area contributed by atoms with E-state index in [0.717, 1.165) is 0 Å². The fraction of sp³-hybridized carbons (Fsp3) is 0.524. The summed E-state index contributed by atoms with van der Waals surface area (Å²) in [4.78, 5) is 54.5. The average Bonchev–Trinajstić information content (AvgIpc) is 2.77. The van der Waals surface area contributed by atoms with E-state index in [4.69, 9.17) is 4.74 Å². The quantitative estimate of drug-likeness (QED) is 0.644. The number of piperazine rings is 2. The number of nitrogens with zero attached hydrogens (tertiary/aromatic N) is 3. The highest BCUT2D eigenvalue weighted by atomic mass is 19.1. The molecule has 2 heterocycles. The summed E-state index contributed by atoms with van der Waals surface area (Å²) in [5, 5.41) is 5.31. The third-order valence-electron chi connectivity index (χ3n) is 5.42. The summed E-state index contributed by atoms with van der Waals surface area (Å²) in [6.07, 6.45) is -0.565. The van der Waals surface area contributed by atoms with Gasteiger partial charge in [-0.15, -0.1) is 0 Å².